The minimum absolute atomic E-state index is 0.0632. The van der Waals surface area contributed by atoms with Crippen LogP contribution in [0.5, 0.6) is 0 Å². The number of sulfone groups is 1. The van der Waals surface area contributed by atoms with Crippen LogP contribution in [0, 0.1) is 0 Å². The van der Waals surface area contributed by atoms with Crippen LogP contribution in [0.15, 0.2) is 29.4 Å². The molecule has 2 heterocycles. The summed E-state index contributed by atoms with van der Waals surface area (Å²) in [5.74, 6) is 0.374. The van der Waals surface area contributed by atoms with Crippen LogP contribution < -0.4 is 0 Å². The first kappa shape index (κ1) is 18.7. The van der Waals surface area contributed by atoms with E-state index in [1.54, 1.807) is 19.2 Å². The third-order valence-corrected chi connectivity index (χ3v) is 7.34. The van der Waals surface area contributed by atoms with Gasteiger partial charge in [0, 0.05) is 17.7 Å². The molecular weight excluding hydrogens is 386 g/mol. The molecule has 2 aromatic rings. The Morgan fingerprint density at radius 2 is 2.04 bits per heavy atom. The van der Waals surface area contributed by atoms with E-state index in [4.69, 9.17) is 16.3 Å². The number of thioether (sulfide) groups is 1. The van der Waals surface area contributed by atoms with Crippen molar-refractivity contribution in [3.8, 4) is 11.4 Å². The summed E-state index contributed by atoms with van der Waals surface area (Å²) in [6.45, 7) is 0.969. The summed E-state index contributed by atoms with van der Waals surface area (Å²) in [5, 5.41) is 19.2. The van der Waals surface area contributed by atoms with Gasteiger partial charge < -0.3 is 9.84 Å². The molecule has 1 aliphatic rings. The maximum Gasteiger partial charge on any atom is 0.191 e. The predicted octanol–water partition coefficient (Wildman–Crippen LogP) is 1.49. The molecule has 0 saturated carbocycles. The Morgan fingerprint density at radius 3 is 2.64 bits per heavy atom. The SMILES string of the molecule is COCCn1c(S[C@H]2CS(=O)(=O)C[C@H]2O)nnc1-c1ccc(Cl)cc1. The molecule has 0 aliphatic carbocycles. The summed E-state index contributed by atoms with van der Waals surface area (Å²) in [5.41, 5.74) is 0.847. The molecule has 0 radical (unpaired) electrons. The van der Waals surface area contributed by atoms with Crippen molar-refractivity contribution >= 4 is 33.2 Å². The number of methoxy groups -OCH3 is 1. The van der Waals surface area contributed by atoms with Crippen LogP contribution in [-0.4, -0.2) is 64.9 Å². The zero-order valence-electron chi connectivity index (χ0n) is 13.5. The Labute approximate surface area is 155 Å². The molecule has 1 N–H and O–H groups in total. The van der Waals surface area contributed by atoms with Crippen molar-refractivity contribution in [2.45, 2.75) is 23.1 Å². The summed E-state index contributed by atoms with van der Waals surface area (Å²) in [6.07, 6.45) is -0.901. The van der Waals surface area contributed by atoms with E-state index in [2.05, 4.69) is 10.2 Å². The van der Waals surface area contributed by atoms with Crippen LogP contribution >= 0.6 is 23.4 Å². The highest BCUT2D eigenvalue weighted by Gasteiger charge is 2.38. The minimum Gasteiger partial charge on any atom is -0.391 e. The van der Waals surface area contributed by atoms with Crippen molar-refractivity contribution < 1.29 is 18.3 Å². The van der Waals surface area contributed by atoms with Gasteiger partial charge in [0.05, 0.1) is 36.0 Å². The fourth-order valence-electron chi connectivity index (χ4n) is 2.62. The highest BCUT2D eigenvalue weighted by Crippen LogP contribution is 2.32. The molecule has 25 heavy (non-hydrogen) atoms. The van der Waals surface area contributed by atoms with Gasteiger partial charge in [-0.15, -0.1) is 10.2 Å². The van der Waals surface area contributed by atoms with E-state index in [9.17, 15) is 13.5 Å². The lowest BCUT2D eigenvalue weighted by atomic mass is 10.2. The Bertz CT molecular complexity index is 839. The second-order valence-electron chi connectivity index (χ2n) is 5.76. The van der Waals surface area contributed by atoms with Crippen LogP contribution in [0.4, 0.5) is 0 Å². The standard InChI is InChI=1S/C15H18ClN3O4S2/c1-23-7-6-19-14(10-2-4-11(16)5-3-10)17-18-15(19)24-13-9-25(21,22)8-12(13)20/h2-5,12-13,20H,6-9H2,1H3/t12-,13+/m1/s1. The number of halogens is 1. The number of nitrogens with zero attached hydrogens (tertiary/aromatic N) is 3. The molecule has 1 aromatic heterocycles. The zero-order chi connectivity index (χ0) is 18.0. The first-order chi connectivity index (χ1) is 11.9. The van der Waals surface area contributed by atoms with Gasteiger partial charge in [0.1, 0.15) is 0 Å². The van der Waals surface area contributed by atoms with Crippen molar-refractivity contribution in [3.05, 3.63) is 29.3 Å². The molecule has 1 saturated heterocycles. The van der Waals surface area contributed by atoms with E-state index in [1.807, 2.05) is 16.7 Å². The summed E-state index contributed by atoms with van der Waals surface area (Å²) in [7, 11) is -1.61. The molecule has 0 spiro atoms. The molecule has 2 atom stereocenters. The fraction of sp³-hybridized carbons (Fsp3) is 0.467. The van der Waals surface area contributed by atoms with Gasteiger partial charge in [0.15, 0.2) is 20.8 Å². The maximum absolute atomic E-state index is 11.7. The quantitative estimate of drug-likeness (QED) is 0.780. The molecule has 136 valence electrons. The van der Waals surface area contributed by atoms with Crippen molar-refractivity contribution in [3.63, 3.8) is 0 Å². The average molecular weight is 404 g/mol. The van der Waals surface area contributed by atoms with Crippen molar-refractivity contribution in [2.75, 3.05) is 25.2 Å². The van der Waals surface area contributed by atoms with Crippen LogP contribution in [0.2, 0.25) is 5.02 Å². The first-order valence-corrected chi connectivity index (χ1v) is 10.7. The zero-order valence-corrected chi connectivity index (χ0v) is 15.9. The topological polar surface area (TPSA) is 94.3 Å². The normalized spacial score (nSPS) is 22.4. The Morgan fingerprint density at radius 1 is 1.32 bits per heavy atom. The summed E-state index contributed by atoms with van der Waals surface area (Å²) < 4.78 is 30.4. The van der Waals surface area contributed by atoms with Gasteiger partial charge in [0.2, 0.25) is 0 Å². The van der Waals surface area contributed by atoms with Gasteiger partial charge in [0.25, 0.3) is 0 Å². The molecule has 1 fully saturated rings. The molecule has 7 nitrogen and oxygen atoms in total. The summed E-state index contributed by atoms with van der Waals surface area (Å²) in [4.78, 5) is 0. The molecule has 0 unspecified atom stereocenters. The van der Waals surface area contributed by atoms with E-state index in [-0.39, 0.29) is 11.5 Å². The number of ether oxygens (including phenoxy) is 1. The van der Waals surface area contributed by atoms with E-state index in [1.165, 1.54) is 11.8 Å². The fourth-order valence-corrected chi connectivity index (χ4v) is 6.29. The number of rotatable bonds is 6. The van der Waals surface area contributed by atoms with E-state index in [0.717, 1.165) is 5.56 Å². The second-order valence-corrected chi connectivity index (χ2v) is 9.55. The Balaban J connectivity index is 1.90. The Kier molecular flexibility index (Phi) is 5.69. The number of hydrogen-bond donors (Lipinski definition) is 1. The largest absolute Gasteiger partial charge is 0.391 e. The molecule has 1 aliphatic heterocycles. The average Bonchev–Trinajstić information content (AvgIpc) is 3.06. The monoisotopic (exact) mass is 403 g/mol. The molecular formula is C15H18ClN3O4S2. The van der Waals surface area contributed by atoms with Crippen LogP contribution in [0.3, 0.4) is 0 Å². The van der Waals surface area contributed by atoms with E-state index in [0.29, 0.717) is 29.2 Å². The van der Waals surface area contributed by atoms with E-state index >= 15 is 0 Å². The highest BCUT2D eigenvalue weighted by atomic mass is 35.5. The van der Waals surface area contributed by atoms with Crippen LogP contribution in [0.1, 0.15) is 0 Å². The third-order valence-electron chi connectivity index (χ3n) is 3.87. The van der Waals surface area contributed by atoms with Crippen molar-refractivity contribution in [2.24, 2.45) is 0 Å². The number of aromatic nitrogens is 3. The highest BCUT2D eigenvalue weighted by molar-refractivity contribution is 8.01. The lowest BCUT2D eigenvalue weighted by molar-refractivity contribution is 0.185. The number of aliphatic hydroxyl groups is 1. The summed E-state index contributed by atoms with van der Waals surface area (Å²) >= 11 is 7.17. The molecule has 3 rings (SSSR count). The smallest absolute Gasteiger partial charge is 0.191 e. The number of aliphatic hydroxyl groups excluding tert-OH is 1. The van der Waals surface area contributed by atoms with Gasteiger partial charge in [-0.05, 0) is 24.3 Å². The van der Waals surface area contributed by atoms with Gasteiger partial charge in [-0.3, -0.25) is 4.57 Å². The van der Waals surface area contributed by atoms with Crippen molar-refractivity contribution in [1.29, 1.82) is 0 Å². The number of hydrogen-bond acceptors (Lipinski definition) is 7. The first-order valence-electron chi connectivity index (χ1n) is 7.63. The second kappa shape index (κ2) is 7.63. The minimum atomic E-state index is -3.21. The van der Waals surface area contributed by atoms with Gasteiger partial charge in [-0.25, -0.2) is 8.42 Å². The van der Waals surface area contributed by atoms with E-state index < -0.39 is 21.2 Å². The summed E-state index contributed by atoms with van der Waals surface area (Å²) in [6, 6.07) is 7.23. The van der Waals surface area contributed by atoms with Gasteiger partial charge in [-0.2, -0.15) is 0 Å². The van der Waals surface area contributed by atoms with Crippen molar-refractivity contribution in [1.82, 2.24) is 14.8 Å². The lowest BCUT2D eigenvalue weighted by Crippen LogP contribution is -2.21. The number of benzene rings is 1. The Hall–Kier alpha value is -1.13. The third kappa shape index (κ3) is 4.35. The predicted molar refractivity (Wildman–Crippen MR) is 96.6 cm³/mol. The lowest BCUT2D eigenvalue weighted by Gasteiger charge is -2.14. The maximum atomic E-state index is 11.7. The molecule has 10 heteroatoms. The molecule has 0 amide bonds. The van der Waals surface area contributed by atoms with Crippen LogP contribution in [-0.2, 0) is 21.1 Å². The van der Waals surface area contributed by atoms with Gasteiger partial charge in [-0.1, -0.05) is 23.4 Å². The molecule has 1 aromatic carbocycles. The molecule has 0 bridgehead atoms. The van der Waals surface area contributed by atoms with Gasteiger partial charge >= 0.3 is 0 Å². The van der Waals surface area contributed by atoms with Crippen LogP contribution in [0.25, 0.3) is 11.4 Å².